The largest absolute Gasteiger partial charge is 0.390 e. The van der Waals surface area contributed by atoms with E-state index in [-0.39, 0.29) is 11.7 Å². The van der Waals surface area contributed by atoms with E-state index < -0.39 is 12.2 Å². The van der Waals surface area contributed by atoms with Crippen LogP contribution in [0.4, 0.5) is 0 Å². The van der Waals surface area contributed by atoms with Crippen LogP contribution in [0.2, 0.25) is 0 Å². The van der Waals surface area contributed by atoms with Crippen LogP contribution in [-0.4, -0.2) is 27.9 Å². The third-order valence-corrected chi connectivity index (χ3v) is 3.53. The maximum Gasteiger partial charge on any atom is 0.165 e. The Bertz CT molecular complexity index is 412. The van der Waals surface area contributed by atoms with Crippen molar-refractivity contribution < 1.29 is 15.0 Å². The van der Waals surface area contributed by atoms with Gasteiger partial charge in [-0.15, -0.1) is 0 Å². The molecule has 2 rings (SSSR count). The molecule has 1 aromatic carbocycles. The lowest BCUT2D eigenvalue weighted by Crippen LogP contribution is -2.18. The lowest BCUT2D eigenvalue weighted by atomic mass is 9.99. The topological polar surface area (TPSA) is 57.5 Å². The monoisotopic (exact) mass is 266 g/mol. The van der Waals surface area contributed by atoms with Gasteiger partial charge in [0.25, 0.3) is 0 Å². The first-order valence-electron chi connectivity index (χ1n) is 6.24. The predicted octanol–water partition coefficient (Wildman–Crippen LogP) is 1.99. The standard InChI is InChI=1S/C14H18O3S/c15-12(7-8-18)14(17)11-5-3-10(4-6-11)13(16)9-1-2-9/h3-6,9,12,14-15,17-18H,1-2,7-8H2. The van der Waals surface area contributed by atoms with Gasteiger partial charge >= 0.3 is 0 Å². The molecule has 18 heavy (non-hydrogen) atoms. The predicted molar refractivity (Wildman–Crippen MR) is 72.9 cm³/mol. The Morgan fingerprint density at radius 2 is 1.89 bits per heavy atom. The zero-order valence-corrected chi connectivity index (χ0v) is 11.0. The van der Waals surface area contributed by atoms with Crippen LogP contribution in [0.25, 0.3) is 0 Å². The van der Waals surface area contributed by atoms with Gasteiger partial charge in [0, 0.05) is 11.5 Å². The summed E-state index contributed by atoms with van der Waals surface area (Å²) in [6.07, 6.45) is 0.690. The Balaban J connectivity index is 2.04. The van der Waals surface area contributed by atoms with Gasteiger partial charge in [0.15, 0.2) is 5.78 Å². The molecule has 2 atom stereocenters. The van der Waals surface area contributed by atoms with E-state index in [0.717, 1.165) is 12.8 Å². The van der Waals surface area contributed by atoms with Crippen LogP contribution >= 0.6 is 12.6 Å². The van der Waals surface area contributed by atoms with E-state index in [0.29, 0.717) is 23.3 Å². The molecule has 0 radical (unpaired) electrons. The molecule has 0 aliphatic heterocycles. The summed E-state index contributed by atoms with van der Waals surface area (Å²) in [6, 6.07) is 6.88. The Labute approximate surface area is 112 Å². The van der Waals surface area contributed by atoms with Crippen molar-refractivity contribution in [3.05, 3.63) is 35.4 Å². The van der Waals surface area contributed by atoms with Gasteiger partial charge in [-0.2, -0.15) is 12.6 Å². The molecule has 0 spiro atoms. The van der Waals surface area contributed by atoms with Crippen LogP contribution in [0.5, 0.6) is 0 Å². The number of carbonyl (C=O) groups is 1. The molecule has 1 aliphatic carbocycles. The van der Waals surface area contributed by atoms with Gasteiger partial charge in [-0.25, -0.2) is 0 Å². The van der Waals surface area contributed by atoms with Crippen LogP contribution < -0.4 is 0 Å². The van der Waals surface area contributed by atoms with E-state index in [4.69, 9.17) is 0 Å². The zero-order valence-electron chi connectivity index (χ0n) is 10.1. The van der Waals surface area contributed by atoms with Crippen molar-refractivity contribution in [2.24, 2.45) is 5.92 Å². The fourth-order valence-corrected chi connectivity index (χ4v) is 2.20. The number of thiol groups is 1. The summed E-state index contributed by atoms with van der Waals surface area (Å²) < 4.78 is 0. The van der Waals surface area contributed by atoms with Crippen LogP contribution in [0.15, 0.2) is 24.3 Å². The van der Waals surface area contributed by atoms with Crippen molar-refractivity contribution in [2.75, 3.05) is 5.75 Å². The number of Topliss-reactive ketones (excluding diaryl/α,β-unsaturated/α-hetero) is 1. The number of hydrogen-bond donors (Lipinski definition) is 3. The molecule has 0 aromatic heterocycles. The Morgan fingerprint density at radius 3 is 2.39 bits per heavy atom. The maximum absolute atomic E-state index is 11.8. The average Bonchev–Trinajstić information content (AvgIpc) is 3.22. The number of carbonyl (C=O) groups excluding carboxylic acids is 1. The lowest BCUT2D eigenvalue weighted by Gasteiger charge is -2.17. The average molecular weight is 266 g/mol. The smallest absolute Gasteiger partial charge is 0.165 e. The number of aliphatic hydroxyl groups is 2. The summed E-state index contributed by atoms with van der Waals surface area (Å²) in [5, 5.41) is 19.6. The summed E-state index contributed by atoms with van der Waals surface area (Å²) >= 11 is 4.02. The fraction of sp³-hybridized carbons (Fsp3) is 0.500. The van der Waals surface area contributed by atoms with Crippen LogP contribution in [-0.2, 0) is 0 Å². The summed E-state index contributed by atoms with van der Waals surface area (Å²) in [5.74, 6) is 0.915. The van der Waals surface area contributed by atoms with E-state index in [1.54, 1.807) is 24.3 Å². The van der Waals surface area contributed by atoms with Crippen molar-refractivity contribution in [1.29, 1.82) is 0 Å². The fourth-order valence-electron chi connectivity index (χ4n) is 1.94. The summed E-state index contributed by atoms with van der Waals surface area (Å²) in [6.45, 7) is 0. The normalized spacial score (nSPS) is 18.4. The molecule has 1 aromatic rings. The highest BCUT2D eigenvalue weighted by molar-refractivity contribution is 7.80. The molecular formula is C14H18O3S. The first-order valence-corrected chi connectivity index (χ1v) is 6.88. The first kappa shape index (κ1) is 13.6. The van der Waals surface area contributed by atoms with Crippen molar-refractivity contribution in [3.63, 3.8) is 0 Å². The molecule has 2 unspecified atom stereocenters. The highest BCUT2D eigenvalue weighted by atomic mass is 32.1. The SMILES string of the molecule is O=C(c1ccc(C(O)C(O)CCS)cc1)C1CC1. The molecule has 3 nitrogen and oxygen atoms in total. The molecule has 2 N–H and O–H groups in total. The van der Waals surface area contributed by atoms with E-state index in [2.05, 4.69) is 12.6 Å². The number of aliphatic hydroxyl groups excluding tert-OH is 2. The molecule has 0 bridgehead atoms. The van der Waals surface area contributed by atoms with Gasteiger partial charge in [0.1, 0.15) is 6.10 Å². The quantitative estimate of drug-likeness (QED) is 0.545. The molecule has 0 saturated heterocycles. The molecule has 1 saturated carbocycles. The Morgan fingerprint density at radius 1 is 1.28 bits per heavy atom. The third-order valence-electron chi connectivity index (χ3n) is 3.27. The number of ketones is 1. The second-order valence-electron chi connectivity index (χ2n) is 4.78. The first-order chi connectivity index (χ1) is 8.63. The highest BCUT2D eigenvalue weighted by Gasteiger charge is 2.30. The van der Waals surface area contributed by atoms with Gasteiger partial charge in [-0.05, 0) is 30.6 Å². The van der Waals surface area contributed by atoms with Crippen molar-refractivity contribution in [2.45, 2.75) is 31.5 Å². The molecule has 98 valence electrons. The number of benzene rings is 1. The molecule has 1 fully saturated rings. The minimum atomic E-state index is -0.915. The number of hydrogen-bond acceptors (Lipinski definition) is 4. The number of rotatable bonds is 6. The summed E-state index contributed by atoms with van der Waals surface area (Å²) in [4.78, 5) is 11.8. The highest BCUT2D eigenvalue weighted by Crippen LogP contribution is 2.32. The molecular weight excluding hydrogens is 248 g/mol. The van der Waals surface area contributed by atoms with Crippen molar-refractivity contribution >= 4 is 18.4 Å². The maximum atomic E-state index is 11.8. The molecule has 0 amide bonds. The lowest BCUT2D eigenvalue weighted by molar-refractivity contribution is 0.0172. The van der Waals surface area contributed by atoms with Gasteiger partial charge in [0.05, 0.1) is 6.10 Å². The summed E-state index contributed by atoms with van der Waals surface area (Å²) in [7, 11) is 0. The zero-order chi connectivity index (χ0) is 13.1. The van der Waals surface area contributed by atoms with Crippen LogP contribution in [0.3, 0.4) is 0 Å². The molecule has 0 heterocycles. The second-order valence-corrected chi connectivity index (χ2v) is 5.23. The van der Waals surface area contributed by atoms with Gasteiger partial charge in [-0.1, -0.05) is 24.3 Å². The third kappa shape index (κ3) is 3.13. The van der Waals surface area contributed by atoms with Crippen molar-refractivity contribution in [1.82, 2.24) is 0 Å². The minimum absolute atomic E-state index is 0.187. The molecule has 4 heteroatoms. The van der Waals surface area contributed by atoms with Gasteiger partial charge < -0.3 is 10.2 Å². The van der Waals surface area contributed by atoms with E-state index in [1.165, 1.54) is 0 Å². The van der Waals surface area contributed by atoms with Crippen LogP contribution in [0.1, 0.15) is 41.3 Å². The van der Waals surface area contributed by atoms with Gasteiger partial charge in [-0.3, -0.25) is 4.79 Å². The van der Waals surface area contributed by atoms with Gasteiger partial charge in [0.2, 0.25) is 0 Å². The Hall–Kier alpha value is -0.840. The molecule has 1 aliphatic rings. The van der Waals surface area contributed by atoms with E-state index in [1.807, 2.05) is 0 Å². The van der Waals surface area contributed by atoms with E-state index >= 15 is 0 Å². The Kier molecular flexibility index (Phi) is 4.43. The summed E-state index contributed by atoms with van der Waals surface area (Å²) in [5.41, 5.74) is 1.33. The van der Waals surface area contributed by atoms with Crippen molar-refractivity contribution in [3.8, 4) is 0 Å². The second kappa shape index (κ2) is 5.87. The van der Waals surface area contributed by atoms with Crippen LogP contribution in [0, 0.1) is 5.92 Å². The minimum Gasteiger partial charge on any atom is -0.390 e. The van der Waals surface area contributed by atoms with E-state index in [9.17, 15) is 15.0 Å².